The molecule has 0 N–H and O–H groups in total. The first kappa shape index (κ1) is 22.0. The summed E-state index contributed by atoms with van der Waals surface area (Å²) in [6.45, 7) is 7.94. The number of esters is 3. The van der Waals surface area contributed by atoms with Crippen molar-refractivity contribution < 1.29 is 33.3 Å². The first-order valence-corrected chi connectivity index (χ1v) is 10.0. The Hall–Kier alpha value is -2.74. The minimum Gasteiger partial charge on any atom is -0.465 e. The molecule has 1 fully saturated rings. The molecule has 2 aliphatic rings. The number of aliphatic imine (C=N–C) groups is 1. The van der Waals surface area contributed by atoms with Crippen LogP contribution in [0.2, 0.25) is 0 Å². The molecule has 3 rings (SSSR count). The van der Waals surface area contributed by atoms with Crippen LogP contribution in [-0.4, -0.2) is 54.3 Å². The fourth-order valence-corrected chi connectivity index (χ4v) is 4.72. The number of benzene rings is 1. The first-order chi connectivity index (χ1) is 14.2. The largest absolute Gasteiger partial charge is 0.465 e. The molecule has 0 amide bonds. The standard InChI is InChI=1S/C22H27NO7/c1-6-27-19(26)21-13-20(5,30-15(4)25)22(28-7-2,18(21)29-14(3)24)23-17(21)16-11-9-8-10-12-16/h8-12,18H,6-7,13H2,1-5H3/t18?,20-,21-,22+/m1/s1. The summed E-state index contributed by atoms with van der Waals surface area (Å²) in [6, 6.07) is 9.12. The SMILES string of the molecule is CCOC(=O)[C@]12C[C@@](C)(OC(C)=O)[C@](OCC)(N=C1c1ccccc1)C2OC(C)=O. The number of fused-ring (bicyclic) bond motifs is 2. The summed E-state index contributed by atoms with van der Waals surface area (Å²) in [5.41, 5.74) is -3.35. The number of rotatable bonds is 7. The van der Waals surface area contributed by atoms with Crippen molar-refractivity contribution in [2.45, 2.75) is 58.5 Å². The van der Waals surface area contributed by atoms with Crippen LogP contribution in [0.25, 0.3) is 0 Å². The monoisotopic (exact) mass is 417 g/mol. The van der Waals surface area contributed by atoms with E-state index in [1.54, 1.807) is 20.8 Å². The van der Waals surface area contributed by atoms with E-state index < -0.39 is 40.8 Å². The summed E-state index contributed by atoms with van der Waals surface area (Å²) in [5.74, 6) is -1.76. The Kier molecular flexibility index (Phi) is 5.73. The van der Waals surface area contributed by atoms with Gasteiger partial charge < -0.3 is 18.9 Å². The van der Waals surface area contributed by atoms with E-state index >= 15 is 0 Å². The maximum Gasteiger partial charge on any atom is 0.322 e. The van der Waals surface area contributed by atoms with Crippen LogP contribution in [0.4, 0.5) is 0 Å². The van der Waals surface area contributed by atoms with Gasteiger partial charge in [0.25, 0.3) is 0 Å². The van der Waals surface area contributed by atoms with Gasteiger partial charge in [-0.05, 0) is 26.3 Å². The molecule has 4 atom stereocenters. The van der Waals surface area contributed by atoms with E-state index in [4.69, 9.17) is 23.9 Å². The molecule has 1 aromatic carbocycles. The lowest BCUT2D eigenvalue weighted by Gasteiger charge is -2.41. The van der Waals surface area contributed by atoms with Gasteiger partial charge in [0.2, 0.25) is 5.72 Å². The molecule has 1 aliphatic heterocycles. The summed E-state index contributed by atoms with van der Waals surface area (Å²) in [7, 11) is 0. The second-order valence-corrected chi connectivity index (χ2v) is 7.64. The van der Waals surface area contributed by atoms with Crippen LogP contribution in [0, 0.1) is 5.41 Å². The Bertz CT molecular complexity index is 883. The summed E-state index contributed by atoms with van der Waals surface area (Å²) < 4.78 is 22.8. The highest BCUT2D eigenvalue weighted by Gasteiger charge is 2.82. The highest BCUT2D eigenvalue weighted by Crippen LogP contribution is 2.62. The van der Waals surface area contributed by atoms with Gasteiger partial charge >= 0.3 is 17.9 Å². The van der Waals surface area contributed by atoms with Gasteiger partial charge in [0.1, 0.15) is 0 Å². The minimum atomic E-state index is -1.59. The zero-order valence-corrected chi connectivity index (χ0v) is 17.9. The molecule has 1 aliphatic carbocycles. The Labute approximate surface area is 175 Å². The lowest BCUT2D eigenvalue weighted by molar-refractivity contribution is -0.216. The van der Waals surface area contributed by atoms with Gasteiger partial charge in [0.15, 0.2) is 17.1 Å². The van der Waals surface area contributed by atoms with Crippen molar-refractivity contribution in [3.63, 3.8) is 0 Å². The van der Waals surface area contributed by atoms with Gasteiger partial charge in [-0.3, -0.25) is 14.4 Å². The van der Waals surface area contributed by atoms with Gasteiger partial charge in [0.05, 0.1) is 12.3 Å². The topological polar surface area (TPSA) is 100 Å². The molecular formula is C22H27NO7. The molecule has 1 unspecified atom stereocenters. The maximum atomic E-state index is 13.4. The second-order valence-electron chi connectivity index (χ2n) is 7.64. The van der Waals surface area contributed by atoms with E-state index in [2.05, 4.69) is 0 Å². The van der Waals surface area contributed by atoms with E-state index in [0.717, 1.165) is 0 Å². The maximum absolute atomic E-state index is 13.4. The van der Waals surface area contributed by atoms with Gasteiger partial charge in [-0.15, -0.1) is 0 Å². The van der Waals surface area contributed by atoms with E-state index in [0.29, 0.717) is 11.3 Å². The fraction of sp³-hybridized carbons (Fsp3) is 0.545. The molecule has 1 heterocycles. The predicted octanol–water partition coefficient (Wildman–Crippen LogP) is 2.43. The number of hydrogen-bond acceptors (Lipinski definition) is 8. The van der Waals surface area contributed by atoms with Gasteiger partial charge in [-0.2, -0.15) is 0 Å². The third-order valence-corrected chi connectivity index (χ3v) is 5.58. The van der Waals surface area contributed by atoms with Crippen LogP contribution in [0.5, 0.6) is 0 Å². The summed E-state index contributed by atoms with van der Waals surface area (Å²) in [6.07, 6.45) is -1.15. The van der Waals surface area contributed by atoms with Crippen molar-refractivity contribution in [1.29, 1.82) is 0 Å². The number of ether oxygens (including phenoxy) is 4. The van der Waals surface area contributed by atoms with Crippen LogP contribution in [-0.2, 0) is 33.3 Å². The lowest BCUT2D eigenvalue weighted by Crippen LogP contribution is -2.57. The van der Waals surface area contributed by atoms with Crippen molar-refractivity contribution in [3.05, 3.63) is 35.9 Å². The molecule has 2 bridgehead atoms. The second kappa shape index (κ2) is 7.83. The molecule has 0 saturated heterocycles. The summed E-state index contributed by atoms with van der Waals surface area (Å²) >= 11 is 0. The van der Waals surface area contributed by atoms with Crippen molar-refractivity contribution in [2.75, 3.05) is 13.2 Å². The van der Waals surface area contributed by atoms with Crippen LogP contribution < -0.4 is 0 Å². The predicted molar refractivity (Wildman–Crippen MR) is 107 cm³/mol. The Morgan fingerprint density at radius 3 is 2.27 bits per heavy atom. The molecule has 0 radical (unpaired) electrons. The lowest BCUT2D eigenvalue weighted by atomic mass is 9.75. The quantitative estimate of drug-likeness (QED) is 0.496. The smallest absolute Gasteiger partial charge is 0.322 e. The fourth-order valence-electron chi connectivity index (χ4n) is 4.72. The van der Waals surface area contributed by atoms with Crippen molar-refractivity contribution in [1.82, 2.24) is 0 Å². The average molecular weight is 417 g/mol. The number of carbonyl (C=O) groups is 3. The number of hydrogen-bond donors (Lipinski definition) is 0. The zero-order valence-electron chi connectivity index (χ0n) is 17.9. The third-order valence-electron chi connectivity index (χ3n) is 5.58. The Morgan fingerprint density at radius 2 is 1.73 bits per heavy atom. The molecule has 0 spiro atoms. The minimum absolute atomic E-state index is 0.00406. The third kappa shape index (κ3) is 3.10. The normalized spacial score (nSPS) is 31.8. The molecule has 8 nitrogen and oxygen atoms in total. The van der Waals surface area contributed by atoms with E-state index in [1.807, 2.05) is 30.3 Å². The summed E-state index contributed by atoms with van der Waals surface area (Å²) in [5, 5.41) is 0. The molecule has 1 aromatic rings. The van der Waals surface area contributed by atoms with Gasteiger partial charge in [0, 0.05) is 26.9 Å². The molecule has 0 aromatic heterocycles. The average Bonchev–Trinajstić information content (AvgIpc) is 3.04. The molecule has 1 saturated carbocycles. The van der Waals surface area contributed by atoms with Crippen LogP contribution >= 0.6 is 0 Å². The first-order valence-electron chi connectivity index (χ1n) is 10.0. The highest BCUT2D eigenvalue weighted by molar-refractivity contribution is 6.19. The number of carbonyl (C=O) groups excluding carboxylic acids is 3. The van der Waals surface area contributed by atoms with Gasteiger partial charge in [-0.1, -0.05) is 30.3 Å². The van der Waals surface area contributed by atoms with Crippen LogP contribution in [0.1, 0.15) is 46.6 Å². The molecule has 8 heteroatoms. The highest BCUT2D eigenvalue weighted by atomic mass is 16.6. The Balaban J connectivity index is 2.32. The molecule has 162 valence electrons. The molecule has 30 heavy (non-hydrogen) atoms. The Morgan fingerprint density at radius 1 is 1.07 bits per heavy atom. The van der Waals surface area contributed by atoms with E-state index in [-0.39, 0.29) is 19.6 Å². The van der Waals surface area contributed by atoms with Crippen molar-refractivity contribution in [3.8, 4) is 0 Å². The van der Waals surface area contributed by atoms with E-state index in [9.17, 15) is 14.4 Å². The summed E-state index contributed by atoms with van der Waals surface area (Å²) in [4.78, 5) is 42.3. The van der Waals surface area contributed by atoms with Crippen molar-refractivity contribution >= 4 is 23.6 Å². The zero-order chi connectivity index (χ0) is 22.2. The van der Waals surface area contributed by atoms with Crippen LogP contribution in [0.3, 0.4) is 0 Å². The van der Waals surface area contributed by atoms with Crippen LogP contribution in [0.15, 0.2) is 35.3 Å². The van der Waals surface area contributed by atoms with E-state index in [1.165, 1.54) is 13.8 Å². The molecular weight excluding hydrogens is 390 g/mol. The number of nitrogens with zero attached hydrogens (tertiary/aromatic N) is 1. The van der Waals surface area contributed by atoms with Crippen molar-refractivity contribution in [2.24, 2.45) is 10.4 Å². The van der Waals surface area contributed by atoms with Gasteiger partial charge in [-0.25, -0.2) is 4.99 Å².